The van der Waals surface area contributed by atoms with Crippen molar-refractivity contribution in [3.05, 3.63) is 59.0 Å². The Kier molecular flexibility index (Phi) is 5.17. The van der Waals surface area contributed by atoms with Crippen LogP contribution in [0.1, 0.15) is 36.8 Å². The smallest absolute Gasteiger partial charge is 0.198 e. The molecule has 30 heavy (non-hydrogen) atoms. The van der Waals surface area contributed by atoms with Crippen LogP contribution in [-0.2, 0) is 0 Å². The van der Waals surface area contributed by atoms with Gasteiger partial charge in [-0.15, -0.1) is 11.3 Å². The van der Waals surface area contributed by atoms with Gasteiger partial charge >= 0.3 is 0 Å². The molecule has 1 saturated carbocycles. The molecule has 6 heteroatoms. The Morgan fingerprint density at radius 3 is 2.80 bits per heavy atom. The zero-order valence-electron chi connectivity index (χ0n) is 17.3. The summed E-state index contributed by atoms with van der Waals surface area (Å²) in [7, 11) is 0. The summed E-state index contributed by atoms with van der Waals surface area (Å²) < 4.78 is 6.26. The second kappa shape index (κ2) is 8.11. The first kappa shape index (κ1) is 19.1. The van der Waals surface area contributed by atoms with Crippen molar-refractivity contribution in [3.63, 3.8) is 0 Å². The molecule has 0 bridgehead atoms. The van der Waals surface area contributed by atoms with Crippen LogP contribution in [-0.4, -0.2) is 23.0 Å². The lowest BCUT2D eigenvalue weighted by atomic mass is 9.92. The standard InChI is InChI=1S/C24H26N4OS/c1-15-11-12-21(16(2)13-15)29-22-10-6-3-7-17(22)20-14-30-24(27-20)28-23-25-18-8-4-5-9-19(18)26-23/h3,6-7,10-14,18-19H,4-5,8-9H2,1-2H3,(H2,25,26,27,28). The average molecular weight is 419 g/mol. The van der Waals surface area contributed by atoms with Gasteiger partial charge in [0.15, 0.2) is 11.1 Å². The minimum Gasteiger partial charge on any atom is -0.456 e. The molecule has 0 spiro atoms. The highest BCUT2D eigenvalue weighted by Gasteiger charge is 2.31. The van der Waals surface area contributed by atoms with Crippen molar-refractivity contribution in [2.75, 3.05) is 5.32 Å². The zero-order chi connectivity index (χ0) is 20.5. The number of aromatic nitrogens is 1. The van der Waals surface area contributed by atoms with Gasteiger partial charge in [-0.2, -0.15) is 0 Å². The van der Waals surface area contributed by atoms with Gasteiger partial charge in [0.05, 0.1) is 17.8 Å². The Balaban J connectivity index is 1.35. The Hall–Kier alpha value is -2.86. The van der Waals surface area contributed by atoms with Crippen LogP contribution in [0.25, 0.3) is 11.3 Å². The molecule has 2 aromatic carbocycles. The van der Waals surface area contributed by atoms with Crippen LogP contribution in [0, 0.1) is 13.8 Å². The molecule has 2 unspecified atom stereocenters. The maximum Gasteiger partial charge on any atom is 0.198 e. The number of aryl methyl sites for hydroxylation is 2. The molecular formula is C24H26N4OS. The van der Waals surface area contributed by atoms with E-state index >= 15 is 0 Å². The van der Waals surface area contributed by atoms with E-state index in [1.165, 1.54) is 31.2 Å². The maximum atomic E-state index is 6.26. The van der Waals surface area contributed by atoms with Gasteiger partial charge in [-0.1, -0.05) is 42.7 Å². The Labute approximate surface area is 181 Å². The number of para-hydroxylation sites is 1. The molecule has 5 nitrogen and oxygen atoms in total. The number of guanidine groups is 1. The molecular weight excluding hydrogens is 392 g/mol. The summed E-state index contributed by atoms with van der Waals surface area (Å²) in [6.07, 6.45) is 4.94. The number of anilines is 1. The van der Waals surface area contributed by atoms with Crippen molar-refractivity contribution < 1.29 is 4.74 Å². The second-order valence-electron chi connectivity index (χ2n) is 8.11. The Morgan fingerprint density at radius 2 is 1.93 bits per heavy atom. The van der Waals surface area contributed by atoms with Gasteiger partial charge in [-0.25, -0.2) is 9.98 Å². The Morgan fingerprint density at radius 1 is 1.07 bits per heavy atom. The summed E-state index contributed by atoms with van der Waals surface area (Å²) in [6, 6.07) is 15.2. The number of ether oxygens (including phenoxy) is 1. The van der Waals surface area contributed by atoms with Crippen molar-refractivity contribution in [2.24, 2.45) is 4.99 Å². The van der Waals surface area contributed by atoms with E-state index in [9.17, 15) is 0 Å². The quantitative estimate of drug-likeness (QED) is 0.554. The lowest BCUT2D eigenvalue weighted by molar-refractivity contribution is 0.384. The number of thiazole rings is 1. The highest BCUT2D eigenvalue weighted by Crippen LogP contribution is 2.36. The van der Waals surface area contributed by atoms with E-state index in [1.807, 2.05) is 24.3 Å². The summed E-state index contributed by atoms with van der Waals surface area (Å²) in [5.41, 5.74) is 4.24. The zero-order valence-corrected chi connectivity index (χ0v) is 18.1. The number of nitrogens with zero attached hydrogens (tertiary/aromatic N) is 2. The van der Waals surface area contributed by atoms with Crippen molar-refractivity contribution >= 4 is 22.4 Å². The molecule has 0 radical (unpaired) electrons. The molecule has 3 aromatic rings. The molecule has 0 saturated heterocycles. The van der Waals surface area contributed by atoms with Crippen LogP contribution < -0.4 is 15.4 Å². The van der Waals surface area contributed by atoms with E-state index in [2.05, 4.69) is 48.1 Å². The van der Waals surface area contributed by atoms with Gasteiger partial charge in [0, 0.05) is 10.9 Å². The topological polar surface area (TPSA) is 58.5 Å². The van der Waals surface area contributed by atoms with Gasteiger partial charge in [0.1, 0.15) is 11.5 Å². The summed E-state index contributed by atoms with van der Waals surface area (Å²) >= 11 is 1.59. The summed E-state index contributed by atoms with van der Waals surface area (Å²) in [5, 5.41) is 9.81. The van der Waals surface area contributed by atoms with Crippen molar-refractivity contribution in [1.82, 2.24) is 10.3 Å². The summed E-state index contributed by atoms with van der Waals surface area (Å²) in [6.45, 7) is 4.16. The van der Waals surface area contributed by atoms with Crippen molar-refractivity contribution in [2.45, 2.75) is 51.6 Å². The fourth-order valence-electron chi connectivity index (χ4n) is 4.24. The third-order valence-electron chi connectivity index (χ3n) is 5.79. The van der Waals surface area contributed by atoms with Gasteiger partial charge in [-0.05, 0) is 50.5 Å². The molecule has 1 aliphatic heterocycles. The largest absolute Gasteiger partial charge is 0.456 e. The van der Waals surface area contributed by atoms with Crippen LogP contribution >= 0.6 is 11.3 Å². The number of fused-ring (bicyclic) bond motifs is 1. The molecule has 5 rings (SSSR count). The van der Waals surface area contributed by atoms with Crippen LogP contribution in [0.5, 0.6) is 11.5 Å². The number of rotatable bonds is 4. The van der Waals surface area contributed by atoms with E-state index in [-0.39, 0.29) is 0 Å². The van der Waals surface area contributed by atoms with Crippen LogP contribution in [0.3, 0.4) is 0 Å². The average Bonchev–Trinajstić information content (AvgIpc) is 3.37. The highest BCUT2D eigenvalue weighted by atomic mass is 32.1. The molecule has 2 N–H and O–H groups in total. The number of benzene rings is 2. The molecule has 1 fully saturated rings. The maximum absolute atomic E-state index is 6.26. The van der Waals surface area contributed by atoms with E-state index in [4.69, 9.17) is 14.7 Å². The fraction of sp³-hybridized carbons (Fsp3) is 0.333. The first-order chi connectivity index (χ1) is 14.7. The van der Waals surface area contributed by atoms with Crippen molar-refractivity contribution in [3.8, 4) is 22.8 Å². The molecule has 1 aromatic heterocycles. The second-order valence-corrected chi connectivity index (χ2v) is 8.97. The predicted octanol–water partition coefficient (Wildman–Crippen LogP) is 5.90. The SMILES string of the molecule is Cc1ccc(Oc2ccccc2-c2csc(NC3=NC4CCCCC4N3)n2)c(C)c1. The predicted molar refractivity (Wildman–Crippen MR) is 124 cm³/mol. The molecule has 1 aliphatic carbocycles. The number of hydrogen-bond donors (Lipinski definition) is 2. The first-order valence-electron chi connectivity index (χ1n) is 10.6. The van der Waals surface area contributed by atoms with E-state index in [1.54, 1.807) is 11.3 Å². The summed E-state index contributed by atoms with van der Waals surface area (Å²) in [5.74, 6) is 2.53. The summed E-state index contributed by atoms with van der Waals surface area (Å²) in [4.78, 5) is 9.62. The number of hydrogen-bond acceptors (Lipinski definition) is 6. The number of nitrogens with one attached hydrogen (secondary N) is 2. The monoisotopic (exact) mass is 418 g/mol. The molecule has 2 atom stereocenters. The minimum atomic E-state index is 0.410. The van der Waals surface area contributed by atoms with Crippen LogP contribution in [0.15, 0.2) is 52.8 Å². The highest BCUT2D eigenvalue weighted by molar-refractivity contribution is 7.14. The molecule has 154 valence electrons. The fourth-order valence-corrected chi connectivity index (χ4v) is 4.95. The molecule has 2 aliphatic rings. The van der Waals surface area contributed by atoms with Crippen LogP contribution in [0.2, 0.25) is 0 Å². The lowest BCUT2D eigenvalue weighted by Crippen LogP contribution is -2.38. The van der Waals surface area contributed by atoms with Gasteiger partial charge in [0.25, 0.3) is 0 Å². The van der Waals surface area contributed by atoms with Crippen molar-refractivity contribution in [1.29, 1.82) is 0 Å². The van der Waals surface area contributed by atoms with Gasteiger partial charge in [-0.3, -0.25) is 0 Å². The van der Waals surface area contributed by atoms with E-state index in [0.29, 0.717) is 12.1 Å². The minimum absolute atomic E-state index is 0.410. The van der Waals surface area contributed by atoms with E-state index in [0.717, 1.165) is 39.4 Å². The normalized spacial score (nSPS) is 20.3. The lowest BCUT2D eigenvalue weighted by Gasteiger charge is -2.22. The third-order valence-corrected chi connectivity index (χ3v) is 6.55. The van der Waals surface area contributed by atoms with E-state index < -0.39 is 0 Å². The molecule has 2 heterocycles. The number of aliphatic imine (C=N–C) groups is 1. The van der Waals surface area contributed by atoms with Gasteiger partial charge < -0.3 is 15.4 Å². The first-order valence-corrected chi connectivity index (χ1v) is 11.4. The van der Waals surface area contributed by atoms with Gasteiger partial charge in [0.2, 0.25) is 0 Å². The van der Waals surface area contributed by atoms with Crippen LogP contribution in [0.4, 0.5) is 5.13 Å². The molecule has 0 amide bonds. The Bertz CT molecular complexity index is 1090. The third kappa shape index (κ3) is 3.92.